The summed E-state index contributed by atoms with van der Waals surface area (Å²) >= 11 is 0. The van der Waals surface area contributed by atoms with Gasteiger partial charge in [-0.15, -0.1) is 0 Å². The fourth-order valence-corrected chi connectivity index (χ4v) is 13.6. The second-order valence-corrected chi connectivity index (χ2v) is 26.5. The molecule has 11 aromatic carbocycles. The van der Waals surface area contributed by atoms with Gasteiger partial charge in [0.25, 0.3) is 13.4 Å². The van der Waals surface area contributed by atoms with Gasteiger partial charge in [-0.05, 0) is 154 Å². The number of hydrogen-bond donors (Lipinski definition) is 0. The topological polar surface area (TPSA) is 24.9 Å². The lowest BCUT2D eigenvalue weighted by Gasteiger charge is -2.45. The van der Waals surface area contributed by atoms with E-state index in [4.69, 9.17) is 9.47 Å². The summed E-state index contributed by atoms with van der Waals surface area (Å²) in [6.45, 7) is 20.3. The molecule has 0 radical (unpaired) electrons. The molecular weight excluding hydrogens is 1020 g/mol. The summed E-state index contributed by atoms with van der Waals surface area (Å²) in [6.07, 6.45) is 0. The van der Waals surface area contributed by atoms with Gasteiger partial charge < -0.3 is 19.3 Å². The molecule has 4 heterocycles. The van der Waals surface area contributed by atoms with Crippen LogP contribution >= 0.6 is 0 Å². The molecule has 4 aliphatic heterocycles. The van der Waals surface area contributed by atoms with Gasteiger partial charge in [-0.2, -0.15) is 0 Å². The zero-order valence-electron chi connectivity index (χ0n) is 49.4. The van der Waals surface area contributed by atoms with Crippen LogP contribution in [0.1, 0.15) is 79.0 Å². The molecule has 0 atom stereocenters. The summed E-state index contributed by atoms with van der Waals surface area (Å²) in [7, 11) is 0. The monoisotopic (exact) mass is 1080 g/mol. The molecule has 0 aromatic heterocycles. The zero-order chi connectivity index (χ0) is 57.4. The van der Waals surface area contributed by atoms with Crippen LogP contribution in [0.2, 0.25) is 0 Å². The minimum absolute atomic E-state index is 0.0417. The van der Waals surface area contributed by atoms with E-state index in [2.05, 4.69) is 309 Å². The lowest BCUT2D eigenvalue weighted by atomic mass is 9.30. The largest absolute Gasteiger partial charge is 0.458 e. The van der Waals surface area contributed by atoms with E-state index in [9.17, 15) is 0 Å². The molecule has 0 saturated carbocycles. The van der Waals surface area contributed by atoms with Crippen LogP contribution in [0.25, 0.3) is 44.5 Å². The Morgan fingerprint density at radius 2 is 0.679 bits per heavy atom. The van der Waals surface area contributed by atoms with Crippen LogP contribution in [-0.4, -0.2) is 13.4 Å². The average Bonchev–Trinajstić information content (AvgIpc) is 1.14. The van der Waals surface area contributed by atoms with E-state index in [-0.39, 0.29) is 29.7 Å². The van der Waals surface area contributed by atoms with Crippen LogP contribution < -0.4 is 52.1 Å². The molecule has 6 heteroatoms. The first kappa shape index (κ1) is 51.6. The van der Waals surface area contributed by atoms with E-state index in [1.54, 1.807) is 0 Å². The molecule has 0 N–H and O–H groups in total. The third kappa shape index (κ3) is 8.43. The lowest BCUT2D eigenvalue weighted by molar-refractivity contribution is 0.483. The summed E-state index contributed by atoms with van der Waals surface area (Å²) in [5.41, 5.74) is 26.2. The smallest absolute Gasteiger partial charge is 0.256 e. The van der Waals surface area contributed by atoms with Crippen LogP contribution in [0, 0.1) is 0 Å². The number of benzene rings is 11. The van der Waals surface area contributed by atoms with Crippen LogP contribution in [-0.2, 0) is 16.2 Å². The van der Waals surface area contributed by atoms with Crippen LogP contribution in [0.3, 0.4) is 0 Å². The Hall–Kier alpha value is -9.25. The lowest BCUT2D eigenvalue weighted by Crippen LogP contribution is -2.64. The third-order valence-corrected chi connectivity index (χ3v) is 18.0. The van der Waals surface area contributed by atoms with Crippen molar-refractivity contribution in [2.75, 3.05) is 9.80 Å². The molecule has 84 heavy (non-hydrogen) atoms. The first-order valence-electron chi connectivity index (χ1n) is 29.8. The fourth-order valence-electron chi connectivity index (χ4n) is 13.6. The highest BCUT2D eigenvalue weighted by molar-refractivity contribution is 7.02. The van der Waals surface area contributed by atoms with Gasteiger partial charge in [-0.25, -0.2) is 0 Å². The molecular formula is C78H66B2N2O2. The van der Waals surface area contributed by atoms with Gasteiger partial charge >= 0.3 is 0 Å². The summed E-state index contributed by atoms with van der Waals surface area (Å²) in [5.74, 6) is 3.55. The minimum Gasteiger partial charge on any atom is -0.458 e. The summed E-state index contributed by atoms with van der Waals surface area (Å²) in [5, 5.41) is 0. The van der Waals surface area contributed by atoms with Crippen molar-refractivity contribution in [2.24, 2.45) is 0 Å². The number of ether oxygens (including phenoxy) is 2. The number of para-hydroxylation sites is 1. The Bertz CT molecular complexity index is 4370. The normalized spacial score (nSPS) is 13.6. The average molecular weight is 1090 g/mol. The fraction of sp³-hybridized carbons (Fsp3) is 0.154. The summed E-state index contributed by atoms with van der Waals surface area (Å²) in [4.78, 5) is 5.17. The summed E-state index contributed by atoms with van der Waals surface area (Å²) < 4.78 is 14.8. The molecule has 0 amide bonds. The standard InChI is InChI=1S/C78H66B2N2O2/c1-76(2,3)55-33-37-58(38-34-55)81-65-48-66-64(47-63(65)79-61-39-35-56(77(4,5)6)45-69(61)83-71-43-53(41-67(81)73(71)79)49-23-14-10-15-24-49)80-62-40-36-57(78(7,8)9)46-70(62)84-72-44-54(50-25-16-11-17-26-50)42-68(74(72)80)82(66)75-59(51-27-18-12-19-28-51)31-22-32-60(75)52-29-20-13-21-30-52/h10-48H,1-9H3. The van der Waals surface area contributed by atoms with Gasteiger partial charge in [-0.1, -0.05) is 244 Å². The number of rotatable bonds is 6. The van der Waals surface area contributed by atoms with Crippen molar-refractivity contribution < 1.29 is 9.47 Å². The SMILES string of the molecule is CC(C)(C)c1ccc(N2c3cc4c(cc3B3c5ccc(C(C)(C)C)cc5Oc5cc(-c6ccccc6)cc2c53)B2c3ccc(C(C)(C)C)cc3Oc3cc(-c5ccccc5)cc(c32)N4c2c(-c3ccccc3)cccc2-c2ccccc2)cc1. The van der Waals surface area contributed by atoms with Crippen molar-refractivity contribution in [2.45, 2.75) is 78.6 Å². The Morgan fingerprint density at radius 1 is 0.286 bits per heavy atom. The molecule has 406 valence electrons. The highest BCUT2D eigenvalue weighted by Crippen LogP contribution is 2.52. The van der Waals surface area contributed by atoms with Crippen molar-refractivity contribution in [1.82, 2.24) is 0 Å². The van der Waals surface area contributed by atoms with Gasteiger partial charge in [-0.3, -0.25) is 0 Å². The Kier molecular flexibility index (Phi) is 11.8. The van der Waals surface area contributed by atoms with E-state index in [0.717, 1.165) is 118 Å². The third-order valence-electron chi connectivity index (χ3n) is 18.0. The number of nitrogens with zero attached hydrogens (tertiary/aromatic N) is 2. The van der Waals surface area contributed by atoms with Crippen LogP contribution in [0.15, 0.2) is 237 Å². The van der Waals surface area contributed by atoms with Crippen molar-refractivity contribution in [3.63, 3.8) is 0 Å². The maximum Gasteiger partial charge on any atom is 0.256 e. The van der Waals surface area contributed by atoms with Crippen molar-refractivity contribution >= 4 is 80.3 Å². The van der Waals surface area contributed by atoms with E-state index in [1.165, 1.54) is 33.1 Å². The maximum atomic E-state index is 7.47. The molecule has 4 aliphatic rings. The van der Waals surface area contributed by atoms with Crippen LogP contribution in [0.5, 0.6) is 23.0 Å². The zero-order valence-corrected chi connectivity index (χ0v) is 49.4. The highest BCUT2D eigenvalue weighted by atomic mass is 16.5. The predicted molar refractivity (Wildman–Crippen MR) is 356 cm³/mol. The Balaban J connectivity index is 1.11. The van der Waals surface area contributed by atoms with E-state index >= 15 is 0 Å². The molecule has 0 aliphatic carbocycles. The van der Waals surface area contributed by atoms with E-state index in [1.807, 2.05) is 0 Å². The van der Waals surface area contributed by atoms with Gasteiger partial charge in [0.2, 0.25) is 0 Å². The van der Waals surface area contributed by atoms with Gasteiger partial charge in [0.15, 0.2) is 0 Å². The minimum atomic E-state index is -0.193. The molecule has 0 spiro atoms. The van der Waals surface area contributed by atoms with Crippen molar-refractivity contribution in [3.8, 4) is 67.5 Å². The molecule has 0 unspecified atom stereocenters. The maximum absolute atomic E-state index is 7.47. The van der Waals surface area contributed by atoms with Gasteiger partial charge in [0.1, 0.15) is 23.0 Å². The number of anilines is 6. The molecule has 0 fully saturated rings. The molecule has 0 saturated heterocycles. The van der Waals surface area contributed by atoms with Gasteiger partial charge in [0, 0.05) is 39.6 Å². The molecule has 4 nitrogen and oxygen atoms in total. The first-order chi connectivity index (χ1) is 40.5. The highest BCUT2D eigenvalue weighted by Gasteiger charge is 2.48. The van der Waals surface area contributed by atoms with E-state index < -0.39 is 0 Å². The van der Waals surface area contributed by atoms with E-state index in [0.29, 0.717) is 0 Å². The number of hydrogen-bond acceptors (Lipinski definition) is 4. The van der Waals surface area contributed by atoms with Crippen molar-refractivity contribution in [3.05, 3.63) is 253 Å². The second kappa shape index (κ2) is 19.2. The molecule has 11 aromatic rings. The quantitative estimate of drug-likeness (QED) is 0.155. The Labute approximate surface area is 496 Å². The van der Waals surface area contributed by atoms with Crippen molar-refractivity contribution in [1.29, 1.82) is 0 Å². The first-order valence-corrected chi connectivity index (χ1v) is 29.8. The molecule has 15 rings (SSSR count). The molecule has 0 bridgehead atoms. The van der Waals surface area contributed by atoms with Crippen LogP contribution in [0.4, 0.5) is 34.1 Å². The number of fused-ring (bicyclic) bond motifs is 8. The van der Waals surface area contributed by atoms with Gasteiger partial charge in [0.05, 0.1) is 5.69 Å². The summed E-state index contributed by atoms with van der Waals surface area (Å²) in [6, 6.07) is 88.3. The second-order valence-electron chi connectivity index (χ2n) is 26.5. The Morgan fingerprint density at radius 3 is 1.11 bits per heavy atom. The predicted octanol–water partition coefficient (Wildman–Crippen LogP) is 17.1.